The topological polar surface area (TPSA) is 46.6 Å². The van der Waals surface area contributed by atoms with E-state index in [1.165, 1.54) is 0 Å². The lowest BCUT2D eigenvalue weighted by atomic mass is 10.1. The zero-order valence-corrected chi connectivity index (χ0v) is 11.5. The molecule has 0 aromatic heterocycles. The highest BCUT2D eigenvalue weighted by atomic mass is 19.3. The summed E-state index contributed by atoms with van der Waals surface area (Å²) in [4.78, 5) is 23.8. The fraction of sp³-hybridized carbons (Fsp3) is 0.833. The molecule has 8 heteroatoms. The molecule has 20 heavy (non-hydrogen) atoms. The van der Waals surface area contributed by atoms with Crippen LogP contribution in [0.4, 0.5) is 17.6 Å². The lowest BCUT2D eigenvalue weighted by molar-refractivity contribution is -0.185. The molecule has 0 aromatic rings. The minimum Gasteiger partial charge on any atom is -0.458 e. The third kappa shape index (κ3) is 3.61. The van der Waals surface area contributed by atoms with Gasteiger partial charge in [-0.2, -0.15) is 8.78 Å². The van der Waals surface area contributed by atoms with Gasteiger partial charge in [-0.05, 0) is 33.6 Å². The highest BCUT2D eigenvalue weighted by Gasteiger charge is 2.54. The Hall–Kier alpha value is -1.34. The first-order valence-corrected chi connectivity index (χ1v) is 6.16. The number of carbonyl (C=O) groups is 2. The van der Waals surface area contributed by atoms with Crippen molar-refractivity contribution in [3.63, 3.8) is 0 Å². The minimum absolute atomic E-state index is 0.125. The van der Waals surface area contributed by atoms with Gasteiger partial charge < -0.3 is 9.64 Å². The molecule has 0 bridgehead atoms. The first-order valence-electron chi connectivity index (χ1n) is 6.16. The van der Waals surface area contributed by atoms with Crippen molar-refractivity contribution in [2.45, 2.75) is 57.6 Å². The number of halogens is 4. The highest BCUT2D eigenvalue weighted by Crippen LogP contribution is 2.30. The van der Waals surface area contributed by atoms with Crippen molar-refractivity contribution < 1.29 is 31.9 Å². The van der Waals surface area contributed by atoms with Crippen LogP contribution < -0.4 is 0 Å². The van der Waals surface area contributed by atoms with Gasteiger partial charge in [0.15, 0.2) is 0 Å². The van der Waals surface area contributed by atoms with E-state index >= 15 is 0 Å². The first kappa shape index (κ1) is 16.7. The van der Waals surface area contributed by atoms with Crippen LogP contribution in [0.1, 0.15) is 33.6 Å². The fourth-order valence-electron chi connectivity index (χ4n) is 1.91. The summed E-state index contributed by atoms with van der Waals surface area (Å²) in [6.07, 6.45) is -3.69. The number of alkyl halides is 4. The summed E-state index contributed by atoms with van der Waals surface area (Å²) in [7, 11) is 0. The maximum absolute atomic E-state index is 13.1. The Bertz CT molecular complexity index is 393. The number of rotatable bonds is 3. The number of hydrogen-bond acceptors (Lipinski definition) is 3. The molecule has 1 rings (SSSR count). The molecule has 0 aliphatic carbocycles. The van der Waals surface area contributed by atoms with Gasteiger partial charge in [0, 0.05) is 6.54 Å². The van der Waals surface area contributed by atoms with Crippen LogP contribution in [0, 0.1) is 0 Å². The summed E-state index contributed by atoms with van der Waals surface area (Å²) in [5.41, 5.74) is -0.848. The van der Waals surface area contributed by atoms with Gasteiger partial charge in [0.25, 0.3) is 5.91 Å². The Kier molecular flexibility index (Phi) is 4.66. The second kappa shape index (κ2) is 5.57. The molecule has 0 N–H and O–H groups in total. The van der Waals surface area contributed by atoms with Crippen molar-refractivity contribution in [1.29, 1.82) is 0 Å². The number of carbonyl (C=O) groups excluding carboxylic acids is 2. The minimum atomic E-state index is -4.79. The zero-order chi connectivity index (χ0) is 15.7. The van der Waals surface area contributed by atoms with Crippen molar-refractivity contribution in [3.05, 3.63) is 0 Å². The van der Waals surface area contributed by atoms with Gasteiger partial charge in [0.05, 0.1) is 0 Å². The molecule has 1 heterocycles. The normalized spacial score (nSPS) is 20.4. The van der Waals surface area contributed by atoms with Gasteiger partial charge in [-0.3, -0.25) is 4.79 Å². The van der Waals surface area contributed by atoms with E-state index in [0.717, 1.165) is 0 Å². The summed E-state index contributed by atoms with van der Waals surface area (Å²) in [6, 6.07) is -1.23. The predicted octanol–water partition coefficient (Wildman–Crippen LogP) is 2.22. The molecule has 1 amide bonds. The Morgan fingerprint density at radius 1 is 1.25 bits per heavy atom. The number of likely N-dealkylation sites (tertiary alicyclic amines) is 1. The molecule has 0 unspecified atom stereocenters. The van der Waals surface area contributed by atoms with Gasteiger partial charge in [0.2, 0.25) is 0 Å². The molecular formula is C12H17F4NO3. The lowest BCUT2D eigenvalue weighted by Crippen LogP contribution is -2.52. The van der Waals surface area contributed by atoms with E-state index in [4.69, 9.17) is 4.74 Å². The van der Waals surface area contributed by atoms with Crippen molar-refractivity contribution >= 4 is 11.9 Å². The van der Waals surface area contributed by atoms with Crippen LogP contribution >= 0.6 is 0 Å². The second-order valence-corrected chi connectivity index (χ2v) is 5.61. The van der Waals surface area contributed by atoms with E-state index in [-0.39, 0.29) is 19.4 Å². The highest BCUT2D eigenvalue weighted by molar-refractivity contribution is 5.89. The first-order chi connectivity index (χ1) is 8.97. The van der Waals surface area contributed by atoms with Gasteiger partial charge in [-0.15, -0.1) is 0 Å². The van der Waals surface area contributed by atoms with Crippen molar-refractivity contribution in [2.75, 3.05) is 6.54 Å². The van der Waals surface area contributed by atoms with Crippen LogP contribution in [0.3, 0.4) is 0 Å². The van der Waals surface area contributed by atoms with E-state index in [9.17, 15) is 27.2 Å². The summed E-state index contributed by atoms with van der Waals surface area (Å²) >= 11 is 0. The molecule has 0 aromatic carbocycles. The summed E-state index contributed by atoms with van der Waals surface area (Å²) in [6.45, 7) is 4.59. The predicted molar refractivity (Wildman–Crippen MR) is 61.5 cm³/mol. The van der Waals surface area contributed by atoms with Crippen LogP contribution in [0.2, 0.25) is 0 Å². The van der Waals surface area contributed by atoms with E-state index in [2.05, 4.69) is 0 Å². The van der Waals surface area contributed by atoms with Gasteiger partial charge >= 0.3 is 18.3 Å². The molecule has 1 aliphatic rings. The molecule has 0 saturated carbocycles. The van der Waals surface area contributed by atoms with Gasteiger partial charge in [-0.1, -0.05) is 0 Å². The largest absolute Gasteiger partial charge is 0.458 e. The number of ether oxygens (including phenoxy) is 1. The molecule has 1 aliphatic heterocycles. The molecule has 1 atom stereocenters. The Labute approximate surface area is 114 Å². The Balaban J connectivity index is 2.85. The number of amides is 1. The molecule has 0 spiro atoms. The SMILES string of the molecule is CC(C)(C)OC(=O)[C@@H]1CCCN1C(=O)C(F)(F)C(F)F. The molecule has 4 nitrogen and oxygen atoms in total. The lowest BCUT2D eigenvalue weighted by Gasteiger charge is -2.29. The molecule has 0 radical (unpaired) electrons. The van der Waals surface area contributed by atoms with Crippen LogP contribution in [0.5, 0.6) is 0 Å². The number of nitrogens with zero attached hydrogens (tertiary/aromatic N) is 1. The number of esters is 1. The van der Waals surface area contributed by atoms with Crippen LogP contribution in [-0.4, -0.2) is 47.3 Å². The van der Waals surface area contributed by atoms with Crippen molar-refractivity contribution in [3.8, 4) is 0 Å². The van der Waals surface area contributed by atoms with E-state index in [1.807, 2.05) is 0 Å². The summed E-state index contributed by atoms with van der Waals surface area (Å²) < 4.78 is 55.6. The number of hydrogen-bond donors (Lipinski definition) is 0. The van der Waals surface area contributed by atoms with Crippen LogP contribution in [-0.2, 0) is 14.3 Å². The van der Waals surface area contributed by atoms with Crippen LogP contribution in [0.25, 0.3) is 0 Å². The molecular weight excluding hydrogens is 282 g/mol. The average Bonchev–Trinajstić information content (AvgIpc) is 2.73. The standard InChI is InChI=1S/C12H17F4NO3/c1-11(2,3)20-8(18)7-5-4-6-17(7)10(19)12(15,16)9(13)14/h7,9H,4-6H2,1-3H3/t7-/m0/s1. The monoisotopic (exact) mass is 299 g/mol. The zero-order valence-electron chi connectivity index (χ0n) is 11.5. The fourth-order valence-corrected chi connectivity index (χ4v) is 1.91. The average molecular weight is 299 g/mol. The van der Waals surface area contributed by atoms with Gasteiger partial charge in [-0.25, -0.2) is 13.6 Å². The third-order valence-electron chi connectivity index (χ3n) is 2.75. The Morgan fingerprint density at radius 3 is 2.25 bits per heavy atom. The maximum Gasteiger partial charge on any atom is 0.383 e. The quantitative estimate of drug-likeness (QED) is 0.593. The van der Waals surface area contributed by atoms with Crippen molar-refractivity contribution in [1.82, 2.24) is 4.90 Å². The third-order valence-corrected chi connectivity index (χ3v) is 2.75. The van der Waals surface area contributed by atoms with E-state index in [1.54, 1.807) is 20.8 Å². The van der Waals surface area contributed by atoms with Crippen molar-refractivity contribution in [2.24, 2.45) is 0 Å². The second-order valence-electron chi connectivity index (χ2n) is 5.61. The molecule has 1 saturated heterocycles. The molecule has 1 fully saturated rings. The van der Waals surface area contributed by atoms with Crippen LogP contribution in [0.15, 0.2) is 0 Å². The smallest absolute Gasteiger partial charge is 0.383 e. The van der Waals surface area contributed by atoms with Gasteiger partial charge in [0.1, 0.15) is 11.6 Å². The summed E-state index contributed by atoms with van der Waals surface area (Å²) in [5.74, 6) is -7.67. The Morgan fingerprint density at radius 2 is 1.80 bits per heavy atom. The summed E-state index contributed by atoms with van der Waals surface area (Å²) in [5, 5.41) is 0. The van der Waals surface area contributed by atoms with E-state index < -0.39 is 35.9 Å². The maximum atomic E-state index is 13.1. The van der Waals surface area contributed by atoms with E-state index in [0.29, 0.717) is 4.90 Å². The molecule has 116 valence electrons.